The van der Waals surface area contributed by atoms with Gasteiger partial charge in [0.2, 0.25) is 0 Å². The molecule has 1 saturated heterocycles. The normalized spacial score (nSPS) is 15.1. The molecule has 0 saturated carbocycles. The van der Waals surface area contributed by atoms with Crippen LogP contribution in [0.25, 0.3) is 6.08 Å². The van der Waals surface area contributed by atoms with E-state index in [1.807, 2.05) is 0 Å². The number of ether oxygens (including phenoxy) is 3. The predicted octanol–water partition coefficient (Wildman–Crippen LogP) is 1.55. The summed E-state index contributed by atoms with van der Waals surface area (Å²) >= 11 is 0.732. The highest BCUT2D eigenvalue weighted by molar-refractivity contribution is 8.18. The highest BCUT2D eigenvalue weighted by Gasteiger charge is 2.36. The van der Waals surface area contributed by atoms with Crippen LogP contribution >= 0.6 is 11.8 Å². The third-order valence-electron chi connectivity index (χ3n) is 3.40. The number of hydrogen-bond acceptors (Lipinski definition) is 8. The molecule has 0 radical (unpaired) electrons. The van der Waals surface area contributed by atoms with Gasteiger partial charge in [0.1, 0.15) is 6.54 Å². The highest BCUT2D eigenvalue weighted by Crippen LogP contribution is 2.34. The van der Waals surface area contributed by atoms with Gasteiger partial charge in [-0.25, -0.2) is 0 Å². The zero-order chi connectivity index (χ0) is 20.7. The second-order valence-electron chi connectivity index (χ2n) is 5.47. The van der Waals surface area contributed by atoms with Crippen molar-refractivity contribution in [1.29, 1.82) is 0 Å². The zero-order valence-electron chi connectivity index (χ0n) is 15.4. The first-order valence-electron chi connectivity index (χ1n) is 8.44. The Hall–Kier alpha value is -3.01. The summed E-state index contributed by atoms with van der Waals surface area (Å²) in [6.07, 6.45) is 1.51. The number of rotatable bonds is 9. The summed E-state index contributed by atoms with van der Waals surface area (Å²) in [4.78, 5) is 47.9. The van der Waals surface area contributed by atoms with E-state index in [2.05, 4.69) is 0 Å². The Morgan fingerprint density at radius 1 is 1.14 bits per heavy atom. The molecule has 0 bridgehead atoms. The Morgan fingerprint density at radius 3 is 2.54 bits per heavy atom. The van der Waals surface area contributed by atoms with Gasteiger partial charge < -0.3 is 19.9 Å². The maximum Gasteiger partial charge on any atom is 0.326 e. The van der Waals surface area contributed by atoms with E-state index in [0.717, 1.165) is 16.7 Å². The van der Waals surface area contributed by atoms with E-state index in [1.165, 1.54) is 6.08 Å². The van der Waals surface area contributed by atoms with Gasteiger partial charge >= 0.3 is 5.97 Å². The molecule has 2 N–H and O–H groups in total. The second kappa shape index (κ2) is 9.79. The third-order valence-corrected chi connectivity index (χ3v) is 4.31. The second-order valence-corrected chi connectivity index (χ2v) is 6.46. The molecule has 1 fully saturated rings. The van der Waals surface area contributed by atoms with E-state index in [4.69, 9.17) is 19.9 Å². The van der Waals surface area contributed by atoms with Gasteiger partial charge in [0.15, 0.2) is 18.1 Å². The summed E-state index contributed by atoms with van der Waals surface area (Å²) in [5, 5.41) is -0.546. The zero-order valence-corrected chi connectivity index (χ0v) is 16.2. The number of hydrogen-bond donors (Lipinski definition) is 1. The van der Waals surface area contributed by atoms with Crippen molar-refractivity contribution < 1.29 is 33.4 Å². The Labute approximate surface area is 165 Å². The lowest BCUT2D eigenvalue weighted by Gasteiger charge is -2.12. The average Bonchev–Trinajstić information content (AvgIpc) is 2.89. The van der Waals surface area contributed by atoms with E-state index < -0.39 is 29.6 Å². The SMILES string of the molecule is CCOC(=O)CN1C(=O)S/C(=C/c2ccc(OCC(N)=O)c(OCC)c2)C1=O. The van der Waals surface area contributed by atoms with Gasteiger partial charge in [-0.2, -0.15) is 0 Å². The Kier molecular flexibility index (Phi) is 7.44. The minimum Gasteiger partial charge on any atom is -0.490 e. The van der Waals surface area contributed by atoms with Crippen molar-refractivity contribution >= 4 is 40.9 Å². The smallest absolute Gasteiger partial charge is 0.326 e. The molecule has 28 heavy (non-hydrogen) atoms. The fourth-order valence-corrected chi connectivity index (χ4v) is 3.11. The van der Waals surface area contributed by atoms with Crippen LogP contribution < -0.4 is 15.2 Å². The van der Waals surface area contributed by atoms with Crippen molar-refractivity contribution in [2.45, 2.75) is 13.8 Å². The van der Waals surface area contributed by atoms with Crippen LogP contribution in [0.1, 0.15) is 19.4 Å². The molecule has 1 aliphatic heterocycles. The van der Waals surface area contributed by atoms with Gasteiger partial charge in [-0.15, -0.1) is 0 Å². The number of carbonyl (C=O) groups excluding carboxylic acids is 4. The van der Waals surface area contributed by atoms with E-state index >= 15 is 0 Å². The first-order valence-corrected chi connectivity index (χ1v) is 9.26. The number of primary amides is 1. The van der Waals surface area contributed by atoms with Crippen LogP contribution in [0, 0.1) is 0 Å². The molecule has 0 unspecified atom stereocenters. The van der Waals surface area contributed by atoms with Crippen LogP contribution in [0.15, 0.2) is 23.1 Å². The number of benzene rings is 1. The molecule has 150 valence electrons. The quantitative estimate of drug-likeness (QED) is 0.482. The first kappa shape index (κ1) is 21.3. The minimum absolute atomic E-state index is 0.162. The molecule has 2 rings (SSSR count). The van der Waals surface area contributed by atoms with Crippen LogP contribution in [0.3, 0.4) is 0 Å². The summed E-state index contributed by atoms with van der Waals surface area (Å²) in [7, 11) is 0. The van der Waals surface area contributed by atoms with E-state index in [9.17, 15) is 19.2 Å². The number of imide groups is 1. The Bertz CT molecular complexity index is 822. The first-order chi connectivity index (χ1) is 13.3. The van der Waals surface area contributed by atoms with Crippen molar-refractivity contribution in [3.05, 3.63) is 28.7 Å². The topological polar surface area (TPSA) is 125 Å². The molecule has 1 aromatic rings. The van der Waals surface area contributed by atoms with Crippen LogP contribution in [-0.4, -0.2) is 54.3 Å². The van der Waals surface area contributed by atoms with E-state index in [-0.39, 0.29) is 18.1 Å². The Morgan fingerprint density at radius 2 is 1.89 bits per heavy atom. The molecule has 10 heteroatoms. The maximum absolute atomic E-state index is 12.4. The lowest BCUT2D eigenvalue weighted by molar-refractivity contribution is -0.146. The van der Waals surface area contributed by atoms with Gasteiger partial charge in [-0.05, 0) is 49.4 Å². The standard InChI is InChI=1S/C18H20N2O7S/c1-3-25-13-7-11(5-6-12(13)27-10-15(19)21)8-14-17(23)20(18(24)28-14)9-16(22)26-4-2/h5-8H,3-4,9-10H2,1-2H3,(H2,19,21)/b14-8+. The summed E-state index contributed by atoms with van der Waals surface area (Å²) < 4.78 is 15.6. The molecule has 1 heterocycles. The molecule has 0 aliphatic carbocycles. The molecule has 1 aliphatic rings. The van der Waals surface area contributed by atoms with Gasteiger partial charge in [0.05, 0.1) is 18.1 Å². The Balaban J connectivity index is 2.20. The number of nitrogens with zero attached hydrogens (tertiary/aromatic N) is 1. The van der Waals surface area contributed by atoms with Gasteiger partial charge in [0, 0.05) is 0 Å². The maximum atomic E-state index is 12.4. The van der Waals surface area contributed by atoms with Crippen LogP contribution in [0.5, 0.6) is 11.5 Å². The van der Waals surface area contributed by atoms with Crippen molar-refractivity contribution in [3.63, 3.8) is 0 Å². The highest BCUT2D eigenvalue weighted by atomic mass is 32.2. The molecule has 0 spiro atoms. The molecule has 0 atom stereocenters. The van der Waals surface area contributed by atoms with E-state index in [0.29, 0.717) is 23.7 Å². The lowest BCUT2D eigenvalue weighted by Crippen LogP contribution is -2.34. The summed E-state index contributed by atoms with van der Waals surface area (Å²) in [5.41, 5.74) is 5.65. The van der Waals surface area contributed by atoms with Gasteiger partial charge in [-0.3, -0.25) is 24.1 Å². The molecule has 1 aromatic carbocycles. The fourth-order valence-electron chi connectivity index (χ4n) is 2.27. The van der Waals surface area contributed by atoms with Crippen molar-refractivity contribution in [2.75, 3.05) is 26.4 Å². The number of thioether (sulfide) groups is 1. The summed E-state index contributed by atoms with van der Waals surface area (Å²) in [6.45, 7) is 3.21. The molecule has 3 amide bonds. The van der Waals surface area contributed by atoms with Crippen LogP contribution in [0.2, 0.25) is 0 Å². The molecular formula is C18H20N2O7S. The van der Waals surface area contributed by atoms with Gasteiger partial charge in [-0.1, -0.05) is 6.07 Å². The summed E-state index contributed by atoms with van der Waals surface area (Å²) in [5.74, 6) is -1.16. The number of esters is 1. The van der Waals surface area contributed by atoms with Crippen LogP contribution in [-0.2, 0) is 19.1 Å². The molecule has 0 aromatic heterocycles. The fraction of sp³-hybridized carbons (Fsp3) is 0.333. The predicted molar refractivity (Wildman–Crippen MR) is 102 cm³/mol. The average molecular weight is 408 g/mol. The monoisotopic (exact) mass is 408 g/mol. The van der Waals surface area contributed by atoms with Crippen molar-refractivity contribution in [2.24, 2.45) is 5.73 Å². The molecule has 9 nitrogen and oxygen atoms in total. The lowest BCUT2D eigenvalue weighted by atomic mass is 10.2. The third kappa shape index (κ3) is 5.49. The molecular weight excluding hydrogens is 388 g/mol. The minimum atomic E-state index is -0.652. The summed E-state index contributed by atoms with van der Waals surface area (Å²) in [6, 6.07) is 4.82. The van der Waals surface area contributed by atoms with Crippen LogP contribution in [0.4, 0.5) is 4.79 Å². The number of carbonyl (C=O) groups is 4. The number of amides is 3. The van der Waals surface area contributed by atoms with E-state index in [1.54, 1.807) is 32.0 Å². The van der Waals surface area contributed by atoms with Crippen molar-refractivity contribution in [3.8, 4) is 11.5 Å². The largest absolute Gasteiger partial charge is 0.490 e. The van der Waals surface area contributed by atoms with Gasteiger partial charge in [0.25, 0.3) is 17.1 Å². The van der Waals surface area contributed by atoms with Crippen molar-refractivity contribution in [1.82, 2.24) is 4.90 Å². The number of nitrogens with two attached hydrogens (primary N) is 1.